The Balaban J connectivity index is 1.48. The molecule has 4 aliphatic rings. The molecule has 1 aromatic rings. The van der Waals surface area contributed by atoms with Gasteiger partial charge in [0.15, 0.2) is 11.5 Å². The van der Waals surface area contributed by atoms with Crippen molar-refractivity contribution in [3.8, 4) is 11.5 Å². The minimum atomic E-state index is -0.0120. The molecule has 20 heavy (non-hydrogen) atoms. The van der Waals surface area contributed by atoms with Crippen LogP contribution in [0.3, 0.4) is 0 Å². The summed E-state index contributed by atoms with van der Waals surface area (Å²) in [6.07, 6.45) is 2.40. The Morgan fingerprint density at radius 2 is 2.00 bits per heavy atom. The van der Waals surface area contributed by atoms with Gasteiger partial charge in [-0.2, -0.15) is 0 Å². The topological polar surface area (TPSA) is 50.8 Å². The largest absolute Gasteiger partial charge is 0.454 e. The van der Waals surface area contributed by atoms with Gasteiger partial charge in [-0.05, 0) is 50.0 Å². The molecular formula is C15H18N2O3. The number of piperidine rings is 3. The van der Waals surface area contributed by atoms with Crippen LogP contribution in [-0.4, -0.2) is 43.3 Å². The maximum absolute atomic E-state index is 12.4. The van der Waals surface area contributed by atoms with Crippen LogP contribution in [0, 0.1) is 5.92 Å². The van der Waals surface area contributed by atoms with Gasteiger partial charge < -0.3 is 19.7 Å². The van der Waals surface area contributed by atoms with Crippen LogP contribution in [0.15, 0.2) is 18.2 Å². The van der Waals surface area contributed by atoms with E-state index in [0.29, 0.717) is 23.0 Å². The molecule has 0 aromatic heterocycles. The van der Waals surface area contributed by atoms with Gasteiger partial charge in [0.1, 0.15) is 0 Å². The molecule has 1 amide bonds. The van der Waals surface area contributed by atoms with Crippen LogP contribution in [-0.2, 0) is 0 Å². The number of benzene rings is 1. The number of fused-ring (bicyclic) bond motifs is 4. The molecule has 1 unspecified atom stereocenters. The highest BCUT2D eigenvalue weighted by Crippen LogP contribution is 2.33. The summed E-state index contributed by atoms with van der Waals surface area (Å²) in [6.45, 7) is 3.59. The fourth-order valence-corrected chi connectivity index (χ4v) is 3.42. The normalized spacial score (nSPS) is 30.3. The highest BCUT2D eigenvalue weighted by atomic mass is 16.7. The standard InChI is InChI=1S/C15H18N2O3/c18-15(11-1-2-13-14(7-11)20-9-19-13)16-12-8-17-5-3-10(12)4-6-17/h1-2,7,10,12H,3-6,8-9H2,(H,16,18). The van der Waals surface area contributed by atoms with Crippen LogP contribution < -0.4 is 14.8 Å². The van der Waals surface area contributed by atoms with Gasteiger partial charge in [0.25, 0.3) is 5.91 Å². The second-order valence-corrected chi connectivity index (χ2v) is 5.79. The summed E-state index contributed by atoms with van der Waals surface area (Å²) in [7, 11) is 0. The van der Waals surface area contributed by atoms with Crippen LogP contribution in [0.25, 0.3) is 0 Å². The van der Waals surface area contributed by atoms with E-state index in [1.165, 1.54) is 25.9 Å². The molecule has 4 aliphatic heterocycles. The van der Waals surface area contributed by atoms with Crippen molar-refractivity contribution < 1.29 is 14.3 Å². The lowest BCUT2D eigenvalue weighted by Gasteiger charge is -2.44. The fraction of sp³-hybridized carbons (Fsp3) is 0.533. The molecule has 0 saturated carbocycles. The molecule has 106 valence electrons. The molecule has 0 radical (unpaired) electrons. The number of hydrogen-bond donors (Lipinski definition) is 1. The Morgan fingerprint density at radius 1 is 1.20 bits per heavy atom. The first-order valence-electron chi connectivity index (χ1n) is 7.22. The van der Waals surface area contributed by atoms with Gasteiger partial charge in [-0.3, -0.25) is 4.79 Å². The third-order valence-corrected chi connectivity index (χ3v) is 4.61. The number of hydrogen-bond acceptors (Lipinski definition) is 4. The monoisotopic (exact) mass is 274 g/mol. The van der Waals surface area contributed by atoms with Crippen molar-refractivity contribution in [3.63, 3.8) is 0 Å². The van der Waals surface area contributed by atoms with Gasteiger partial charge in [0.2, 0.25) is 6.79 Å². The minimum Gasteiger partial charge on any atom is -0.454 e. The molecule has 2 bridgehead atoms. The summed E-state index contributed by atoms with van der Waals surface area (Å²) in [6, 6.07) is 5.65. The molecule has 5 heteroatoms. The highest BCUT2D eigenvalue weighted by Gasteiger charge is 2.35. The molecule has 4 heterocycles. The quantitative estimate of drug-likeness (QED) is 0.881. The molecule has 3 saturated heterocycles. The number of rotatable bonds is 2. The Bertz CT molecular complexity index is 538. The zero-order valence-electron chi connectivity index (χ0n) is 11.3. The maximum atomic E-state index is 12.4. The van der Waals surface area contributed by atoms with Crippen LogP contribution >= 0.6 is 0 Å². The van der Waals surface area contributed by atoms with Gasteiger partial charge in [0, 0.05) is 18.2 Å². The zero-order valence-corrected chi connectivity index (χ0v) is 11.3. The van der Waals surface area contributed by atoms with Crippen LogP contribution in [0.4, 0.5) is 0 Å². The van der Waals surface area contributed by atoms with E-state index in [2.05, 4.69) is 10.2 Å². The van der Waals surface area contributed by atoms with E-state index < -0.39 is 0 Å². The molecule has 1 atom stereocenters. The summed E-state index contributed by atoms with van der Waals surface area (Å²) in [5.41, 5.74) is 0.644. The van der Waals surface area contributed by atoms with Gasteiger partial charge in [-0.15, -0.1) is 0 Å². The molecule has 0 spiro atoms. The number of carbonyl (C=O) groups is 1. The maximum Gasteiger partial charge on any atom is 0.251 e. The Hall–Kier alpha value is -1.75. The first-order chi connectivity index (χ1) is 9.79. The van der Waals surface area contributed by atoms with E-state index in [1.807, 2.05) is 0 Å². The van der Waals surface area contributed by atoms with E-state index in [4.69, 9.17) is 9.47 Å². The summed E-state index contributed by atoms with van der Waals surface area (Å²) in [5, 5.41) is 3.18. The number of carbonyl (C=O) groups excluding carboxylic acids is 1. The van der Waals surface area contributed by atoms with Crippen molar-refractivity contribution in [1.29, 1.82) is 0 Å². The van der Waals surface area contributed by atoms with Crippen LogP contribution in [0.1, 0.15) is 23.2 Å². The van der Waals surface area contributed by atoms with Crippen molar-refractivity contribution in [2.45, 2.75) is 18.9 Å². The first kappa shape index (κ1) is 12.0. The first-order valence-corrected chi connectivity index (χ1v) is 7.22. The van der Waals surface area contributed by atoms with Gasteiger partial charge >= 0.3 is 0 Å². The van der Waals surface area contributed by atoms with Crippen molar-refractivity contribution in [3.05, 3.63) is 23.8 Å². The van der Waals surface area contributed by atoms with Gasteiger partial charge in [-0.25, -0.2) is 0 Å². The van der Waals surface area contributed by atoms with E-state index >= 15 is 0 Å². The third-order valence-electron chi connectivity index (χ3n) is 4.61. The number of nitrogens with one attached hydrogen (secondary N) is 1. The predicted molar refractivity (Wildman–Crippen MR) is 73.0 cm³/mol. The van der Waals surface area contributed by atoms with Gasteiger partial charge in [-0.1, -0.05) is 0 Å². The van der Waals surface area contributed by atoms with E-state index in [1.54, 1.807) is 18.2 Å². The van der Waals surface area contributed by atoms with Crippen LogP contribution in [0.5, 0.6) is 11.5 Å². The smallest absolute Gasteiger partial charge is 0.251 e. The lowest BCUT2D eigenvalue weighted by Crippen LogP contribution is -2.57. The molecular weight excluding hydrogens is 256 g/mol. The lowest BCUT2D eigenvalue weighted by atomic mass is 9.84. The van der Waals surface area contributed by atoms with Crippen molar-refractivity contribution >= 4 is 5.91 Å². The molecule has 5 rings (SSSR count). The van der Waals surface area contributed by atoms with Crippen molar-refractivity contribution in [2.75, 3.05) is 26.4 Å². The summed E-state index contributed by atoms with van der Waals surface area (Å²) >= 11 is 0. The Morgan fingerprint density at radius 3 is 2.75 bits per heavy atom. The van der Waals surface area contributed by atoms with Crippen molar-refractivity contribution in [1.82, 2.24) is 10.2 Å². The summed E-state index contributed by atoms with van der Waals surface area (Å²) in [4.78, 5) is 14.8. The zero-order chi connectivity index (χ0) is 13.5. The SMILES string of the molecule is O=C(NC1CN2CCC1CC2)c1ccc2c(c1)OCO2. The fourth-order valence-electron chi connectivity index (χ4n) is 3.42. The van der Waals surface area contributed by atoms with E-state index in [9.17, 15) is 4.79 Å². The summed E-state index contributed by atoms with van der Waals surface area (Å²) < 4.78 is 10.6. The lowest BCUT2D eigenvalue weighted by molar-refractivity contribution is 0.0620. The number of nitrogens with zero attached hydrogens (tertiary/aromatic N) is 1. The minimum absolute atomic E-state index is 0.0120. The summed E-state index contributed by atoms with van der Waals surface area (Å²) in [5.74, 6) is 2.00. The highest BCUT2D eigenvalue weighted by molar-refractivity contribution is 5.95. The van der Waals surface area contributed by atoms with Crippen molar-refractivity contribution in [2.24, 2.45) is 5.92 Å². The molecule has 1 N–H and O–H groups in total. The molecule has 1 aromatic carbocycles. The number of ether oxygens (including phenoxy) is 2. The van der Waals surface area contributed by atoms with E-state index in [0.717, 1.165) is 6.54 Å². The molecule has 3 fully saturated rings. The average molecular weight is 274 g/mol. The second kappa shape index (κ2) is 4.66. The predicted octanol–water partition coefficient (Wildman–Crippen LogP) is 1.24. The van der Waals surface area contributed by atoms with Gasteiger partial charge in [0.05, 0.1) is 0 Å². The number of amides is 1. The third kappa shape index (κ3) is 2.02. The average Bonchev–Trinajstić information content (AvgIpc) is 2.96. The second-order valence-electron chi connectivity index (χ2n) is 5.79. The Kier molecular flexibility index (Phi) is 2.80. The van der Waals surface area contributed by atoms with E-state index in [-0.39, 0.29) is 18.7 Å². The van der Waals surface area contributed by atoms with Crippen LogP contribution in [0.2, 0.25) is 0 Å². The Labute approximate surface area is 117 Å². The molecule has 0 aliphatic carbocycles. The molecule has 5 nitrogen and oxygen atoms in total.